The maximum atomic E-state index is 6.55. The number of nitrogens with zero attached hydrogens (tertiary/aromatic N) is 2. The Hall–Kier alpha value is -8.14. The van der Waals surface area contributed by atoms with Crippen LogP contribution in [-0.2, 0) is 0 Å². The van der Waals surface area contributed by atoms with Crippen LogP contribution in [0.1, 0.15) is 0 Å². The average molecular weight is 779 g/mol. The molecule has 0 aliphatic carbocycles. The zero-order chi connectivity index (χ0) is 40.3. The fraction of sp³-hybridized carbons (Fsp3) is 0. The molecule has 12 aromatic rings. The van der Waals surface area contributed by atoms with Gasteiger partial charge in [0.25, 0.3) is 0 Å². The number of aromatic nitrogens is 1. The quantitative estimate of drug-likeness (QED) is 0.161. The van der Waals surface area contributed by atoms with Crippen LogP contribution in [0.2, 0.25) is 0 Å². The first-order valence-corrected chi connectivity index (χ1v) is 20.8. The molecule has 10 aromatic carbocycles. The molecular formula is C58H38N2O. The molecular weight excluding hydrogens is 741 g/mol. The molecule has 3 heteroatoms. The van der Waals surface area contributed by atoms with Crippen LogP contribution in [0.5, 0.6) is 0 Å². The van der Waals surface area contributed by atoms with E-state index < -0.39 is 0 Å². The largest absolute Gasteiger partial charge is 0.455 e. The lowest BCUT2D eigenvalue weighted by Gasteiger charge is -2.26. The lowest BCUT2D eigenvalue weighted by molar-refractivity contribution is 0.673. The standard InChI is InChI=1S/C58H38N2O/c1-2-13-39(14-3-1)43-16-12-17-47(37-43)59(45-31-25-40(26-32-45)44-30-35-52-53-36-29-41-15-4-5-19-49(41)58(53)61-57(52)38-44)46-33-27-42(28-34-46)48-18-6-9-22-54(48)60-55-23-10-7-20-50(55)51-21-8-11-24-56(51)60/h1-38H. The van der Waals surface area contributed by atoms with Crippen molar-refractivity contribution in [2.75, 3.05) is 4.90 Å². The molecule has 0 saturated carbocycles. The van der Waals surface area contributed by atoms with Crippen molar-refractivity contribution in [2.24, 2.45) is 0 Å². The summed E-state index contributed by atoms with van der Waals surface area (Å²) in [6.07, 6.45) is 0. The minimum absolute atomic E-state index is 0.895. The predicted octanol–water partition coefficient (Wildman–Crippen LogP) is 16.3. The molecule has 61 heavy (non-hydrogen) atoms. The molecule has 0 atom stereocenters. The number of hydrogen-bond acceptors (Lipinski definition) is 2. The second-order valence-corrected chi connectivity index (χ2v) is 15.7. The van der Waals surface area contributed by atoms with Crippen LogP contribution < -0.4 is 4.90 Å². The molecule has 0 N–H and O–H groups in total. The van der Waals surface area contributed by atoms with E-state index in [-0.39, 0.29) is 0 Å². The first-order chi connectivity index (χ1) is 30.2. The van der Waals surface area contributed by atoms with E-state index in [1.807, 2.05) is 0 Å². The van der Waals surface area contributed by atoms with E-state index in [0.29, 0.717) is 0 Å². The SMILES string of the molecule is c1ccc(-c2cccc(N(c3ccc(-c4ccc5c(c4)oc4c6ccccc6ccc54)cc3)c3ccc(-c4ccccc4-n4c5ccccc5c5ccccc54)cc3)c2)cc1. The molecule has 2 aromatic heterocycles. The minimum atomic E-state index is 0.895. The highest BCUT2D eigenvalue weighted by molar-refractivity contribution is 6.15. The third-order valence-corrected chi connectivity index (χ3v) is 12.2. The summed E-state index contributed by atoms with van der Waals surface area (Å²) in [7, 11) is 0. The summed E-state index contributed by atoms with van der Waals surface area (Å²) < 4.78 is 8.96. The van der Waals surface area contributed by atoms with E-state index in [1.165, 1.54) is 43.9 Å². The predicted molar refractivity (Wildman–Crippen MR) is 257 cm³/mol. The first-order valence-electron chi connectivity index (χ1n) is 20.8. The van der Waals surface area contributed by atoms with Gasteiger partial charge in [0.2, 0.25) is 0 Å². The Morgan fingerprint density at radius 3 is 1.64 bits per heavy atom. The highest BCUT2D eigenvalue weighted by Gasteiger charge is 2.18. The van der Waals surface area contributed by atoms with Gasteiger partial charge in [-0.1, -0.05) is 158 Å². The molecule has 3 nitrogen and oxygen atoms in total. The van der Waals surface area contributed by atoms with Gasteiger partial charge in [-0.3, -0.25) is 0 Å². The summed E-state index contributed by atoms with van der Waals surface area (Å²) in [6.45, 7) is 0. The number of benzene rings is 10. The van der Waals surface area contributed by atoms with E-state index in [0.717, 1.165) is 66.8 Å². The number of para-hydroxylation sites is 3. The van der Waals surface area contributed by atoms with Gasteiger partial charge in [0.15, 0.2) is 0 Å². The van der Waals surface area contributed by atoms with Gasteiger partial charge in [0.05, 0.1) is 16.7 Å². The number of rotatable bonds is 7. The Kier molecular flexibility index (Phi) is 8.17. The molecule has 0 bridgehead atoms. The molecule has 2 heterocycles. The smallest absolute Gasteiger partial charge is 0.143 e. The van der Waals surface area contributed by atoms with Crippen molar-refractivity contribution in [3.05, 3.63) is 231 Å². The second kappa shape index (κ2) is 14.3. The molecule has 0 spiro atoms. The summed E-state index contributed by atoms with van der Waals surface area (Å²) in [5.41, 5.74) is 15.6. The van der Waals surface area contributed by atoms with Crippen LogP contribution in [0.4, 0.5) is 17.1 Å². The van der Waals surface area contributed by atoms with Crippen molar-refractivity contribution < 1.29 is 4.42 Å². The van der Waals surface area contributed by atoms with Gasteiger partial charge >= 0.3 is 0 Å². The maximum absolute atomic E-state index is 6.55. The zero-order valence-electron chi connectivity index (χ0n) is 33.2. The molecule has 286 valence electrons. The fourth-order valence-electron chi connectivity index (χ4n) is 9.27. The lowest BCUT2D eigenvalue weighted by atomic mass is 10.0. The number of furan rings is 1. The van der Waals surface area contributed by atoms with E-state index in [1.54, 1.807) is 0 Å². The van der Waals surface area contributed by atoms with Gasteiger partial charge < -0.3 is 13.9 Å². The van der Waals surface area contributed by atoms with Gasteiger partial charge in [-0.2, -0.15) is 0 Å². The van der Waals surface area contributed by atoms with Gasteiger partial charge in [0, 0.05) is 49.6 Å². The molecule has 0 radical (unpaired) electrons. The normalized spacial score (nSPS) is 11.6. The third kappa shape index (κ3) is 5.90. The lowest BCUT2D eigenvalue weighted by Crippen LogP contribution is -2.10. The van der Waals surface area contributed by atoms with Crippen molar-refractivity contribution in [1.29, 1.82) is 0 Å². The second-order valence-electron chi connectivity index (χ2n) is 15.7. The van der Waals surface area contributed by atoms with E-state index in [2.05, 4.69) is 240 Å². The molecule has 0 amide bonds. The van der Waals surface area contributed by atoms with Crippen molar-refractivity contribution in [2.45, 2.75) is 0 Å². The Bertz CT molecular complexity index is 3520. The van der Waals surface area contributed by atoms with E-state index in [9.17, 15) is 0 Å². The van der Waals surface area contributed by atoms with E-state index >= 15 is 0 Å². The summed E-state index contributed by atoms with van der Waals surface area (Å²) in [5, 5.41) is 7.11. The average Bonchev–Trinajstić information content (AvgIpc) is 3.88. The van der Waals surface area contributed by atoms with Crippen LogP contribution >= 0.6 is 0 Å². The minimum Gasteiger partial charge on any atom is -0.455 e. The van der Waals surface area contributed by atoms with Crippen molar-refractivity contribution >= 4 is 71.6 Å². The van der Waals surface area contributed by atoms with Crippen LogP contribution in [0.3, 0.4) is 0 Å². The van der Waals surface area contributed by atoms with Crippen molar-refractivity contribution in [3.8, 4) is 39.1 Å². The molecule has 0 aliphatic heterocycles. The highest BCUT2D eigenvalue weighted by Crippen LogP contribution is 2.41. The van der Waals surface area contributed by atoms with E-state index in [4.69, 9.17) is 4.42 Å². The van der Waals surface area contributed by atoms with Gasteiger partial charge in [-0.15, -0.1) is 0 Å². The zero-order valence-corrected chi connectivity index (χ0v) is 33.2. The fourth-order valence-corrected chi connectivity index (χ4v) is 9.27. The summed E-state index contributed by atoms with van der Waals surface area (Å²) >= 11 is 0. The Balaban J connectivity index is 0.943. The number of hydrogen-bond donors (Lipinski definition) is 0. The molecule has 0 saturated heterocycles. The topological polar surface area (TPSA) is 21.3 Å². The highest BCUT2D eigenvalue weighted by atomic mass is 16.3. The summed E-state index contributed by atoms with van der Waals surface area (Å²) in [5.74, 6) is 0. The number of fused-ring (bicyclic) bond motifs is 8. The summed E-state index contributed by atoms with van der Waals surface area (Å²) in [4.78, 5) is 2.35. The molecule has 12 rings (SSSR count). The van der Waals surface area contributed by atoms with Gasteiger partial charge in [0.1, 0.15) is 11.2 Å². The van der Waals surface area contributed by atoms with Crippen LogP contribution in [0, 0.1) is 0 Å². The molecule has 0 fully saturated rings. The number of anilines is 3. The third-order valence-electron chi connectivity index (χ3n) is 12.2. The van der Waals surface area contributed by atoms with Crippen molar-refractivity contribution in [1.82, 2.24) is 4.57 Å². The Labute approximate surface area is 353 Å². The first kappa shape index (κ1) is 34.9. The van der Waals surface area contributed by atoms with Crippen molar-refractivity contribution in [3.63, 3.8) is 0 Å². The summed E-state index contributed by atoms with van der Waals surface area (Å²) in [6, 6.07) is 82.8. The molecule has 0 unspecified atom stereocenters. The van der Waals surface area contributed by atoms with Crippen LogP contribution in [0.15, 0.2) is 235 Å². The monoisotopic (exact) mass is 778 g/mol. The molecule has 0 aliphatic rings. The van der Waals surface area contributed by atoms with Gasteiger partial charge in [-0.25, -0.2) is 0 Å². The maximum Gasteiger partial charge on any atom is 0.143 e. The van der Waals surface area contributed by atoms with Gasteiger partial charge in [-0.05, 0) is 106 Å². The Morgan fingerprint density at radius 2 is 0.885 bits per heavy atom. The Morgan fingerprint density at radius 1 is 0.328 bits per heavy atom. The van der Waals surface area contributed by atoms with Crippen LogP contribution in [-0.4, -0.2) is 4.57 Å². The van der Waals surface area contributed by atoms with Crippen LogP contribution in [0.25, 0.3) is 93.6 Å².